The van der Waals surface area contributed by atoms with Gasteiger partial charge in [0.05, 0.1) is 24.2 Å². The summed E-state index contributed by atoms with van der Waals surface area (Å²) in [6, 6.07) is 10.9. The number of fused-ring (bicyclic) bond motifs is 1. The maximum absolute atomic E-state index is 13.1. The highest BCUT2D eigenvalue weighted by Gasteiger charge is 2.34. The number of anilines is 1. The molecule has 0 aliphatic carbocycles. The number of ether oxygens (including phenoxy) is 1. The van der Waals surface area contributed by atoms with Gasteiger partial charge < -0.3 is 15.0 Å². The van der Waals surface area contributed by atoms with Crippen molar-refractivity contribution in [1.29, 1.82) is 5.26 Å². The van der Waals surface area contributed by atoms with Crippen LogP contribution in [0.2, 0.25) is 0 Å². The number of alkyl halides is 3. The molecule has 1 N–H and O–H groups in total. The molecular formula is C25H20F3N5O3. The van der Waals surface area contributed by atoms with Crippen molar-refractivity contribution in [2.45, 2.75) is 32.6 Å². The van der Waals surface area contributed by atoms with Crippen LogP contribution >= 0.6 is 0 Å². The van der Waals surface area contributed by atoms with Crippen molar-refractivity contribution >= 4 is 17.6 Å². The maximum atomic E-state index is 13.1. The van der Waals surface area contributed by atoms with Crippen molar-refractivity contribution in [2.75, 3.05) is 11.9 Å². The van der Waals surface area contributed by atoms with Crippen molar-refractivity contribution in [3.63, 3.8) is 0 Å². The fourth-order valence-corrected chi connectivity index (χ4v) is 3.87. The number of carbonyl (C=O) groups excluding carboxylic acids is 2. The lowest BCUT2D eigenvalue weighted by Crippen LogP contribution is -2.27. The number of nitriles is 1. The fourth-order valence-electron chi connectivity index (χ4n) is 3.87. The second-order valence-corrected chi connectivity index (χ2v) is 8.24. The minimum atomic E-state index is -4.48. The number of rotatable bonds is 6. The van der Waals surface area contributed by atoms with E-state index in [9.17, 15) is 22.8 Å². The standard InChI is InChI=1S/C25H20F3N5O3/c1-14-8-18(11-31-23(14)36-13-25(26,27)28)15(2)33-12-20-19(24(33)35)6-7-30-21(20)32-22(34)17-5-3-4-16(9-17)10-29/h3-9,11,15H,12-13H2,1-2H3,(H,30,32,34). The van der Waals surface area contributed by atoms with Gasteiger partial charge in [0.25, 0.3) is 11.8 Å². The van der Waals surface area contributed by atoms with Crippen molar-refractivity contribution in [2.24, 2.45) is 0 Å². The van der Waals surface area contributed by atoms with E-state index in [2.05, 4.69) is 15.3 Å². The van der Waals surface area contributed by atoms with Crippen molar-refractivity contribution < 1.29 is 27.5 Å². The molecule has 3 heterocycles. The van der Waals surface area contributed by atoms with Crippen LogP contribution in [0.1, 0.15) is 55.9 Å². The van der Waals surface area contributed by atoms with E-state index in [0.717, 1.165) is 0 Å². The number of carbonyl (C=O) groups is 2. The number of nitrogens with zero attached hydrogens (tertiary/aromatic N) is 4. The van der Waals surface area contributed by atoms with Crippen LogP contribution in [-0.2, 0) is 6.54 Å². The average Bonchev–Trinajstić information content (AvgIpc) is 3.19. The van der Waals surface area contributed by atoms with E-state index in [4.69, 9.17) is 10.00 Å². The highest BCUT2D eigenvalue weighted by molar-refractivity contribution is 6.06. The normalized spacial score (nSPS) is 13.7. The third-order valence-corrected chi connectivity index (χ3v) is 5.74. The van der Waals surface area contributed by atoms with Gasteiger partial charge in [0.1, 0.15) is 5.82 Å². The van der Waals surface area contributed by atoms with E-state index in [0.29, 0.717) is 27.8 Å². The lowest BCUT2D eigenvalue weighted by molar-refractivity contribution is -0.154. The highest BCUT2D eigenvalue weighted by atomic mass is 19.4. The minimum absolute atomic E-state index is 0.131. The van der Waals surface area contributed by atoms with Crippen LogP contribution in [0.5, 0.6) is 5.88 Å². The second kappa shape index (κ2) is 9.65. The largest absolute Gasteiger partial charge is 0.468 e. The molecule has 0 fully saturated rings. The smallest absolute Gasteiger partial charge is 0.422 e. The molecule has 0 saturated carbocycles. The number of nitrogens with one attached hydrogen (secondary N) is 1. The molecule has 184 valence electrons. The molecule has 1 atom stereocenters. The fraction of sp³-hybridized carbons (Fsp3) is 0.240. The predicted octanol–water partition coefficient (Wildman–Crippen LogP) is 4.57. The van der Waals surface area contributed by atoms with Crippen LogP contribution in [0.15, 0.2) is 48.8 Å². The third kappa shape index (κ3) is 5.12. The molecule has 4 rings (SSSR count). The van der Waals surface area contributed by atoms with E-state index >= 15 is 0 Å². The van der Waals surface area contributed by atoms with Gasteiger partial charge in [-0.25, -0.2) is 9.97 Å². The van der Waals surface area contributed by atoms with E-state index in [1.54, 1.807) is 49.1 Å². The zero-order valence-corrected chi connectivity index (χ0v) is 19.3. The summed E-state index contributed by atoms with van der Waals surface area (Å²) >= 11 is 0. The van der Waals surface area contributed by atoms with Gasteiger partial charge in [-0.1, -0.05) is 6.07 Å². The SMILES string of the molecule is Cc1cc(C(C)N2Cc3c(ccnc3NC(=O)c3cccc(C#N)c3)C2=O)cnc1OCC(F)(F)F. The third-order valence-electron chi connectivity index (χ3n) is 5.74. The van der Waals surface area contributed by atoms with Crippen molar-refractivity contribution in [1.82, 2.24) is 14.9 Å². The molecule has 2 amide bonds. The molecule has 11 heteroatoms. The van der Waals surface area contributed by atoms with Crippen molar-refractivity contribution in [3.8, 4) is 11.9 Å². The Kier molecular flexibility index (Phi) is 6.61. The van der Waals surface area contributed by atoms with Crippen LogP contribution < -0.4 is 10.1 Å². The van der Waals surface area contributed by atoms with Crippen LogP contribution in [0.25, 0.3) is 0 Å². The monoisotopic (exact) mass is 495 g/mol. The number of pyridine rings is 2. The van der Waals surface area contributed by atoms with Gasteiger partial charge in [-0.3, -0.25) is 9.59 Å². The zero-order valence-electron chi connectivity index (χ0n) is 19.3. The number of benzene rings is 1. The Hall–Kier alpha value is -4.46. The Morgan fingerprint density at radius 1 is 1.28 bits per heavy atom. The molecule has 3 aromatic rings. The van der Waals surface area contributed by atoms with Crippen LogP contribution in [-0.4, -0.2) is 39.5 Å². The van der Waals surface area contributed by atoms with Gasteiger partial charge >= 0.3 is 6.18 Å². The van der Waals surface area contributed by atoms with Gasteiger partial charge in [-0.2, -0.15) is 18.4 Å². The molecule has 1 aliphatic rings. The summed E-state index contributed by atoms with van der Waals surface area (Å²) in [4.78, 5) is 35.7. The number of aryl methyl sites for hydroxylation is 1. The molecular weight excluding hydrogens is 475 g/mol. The van der Waals surface area contributed by atoms with E-state index in [1.165, 1.54) is 18.5 Å². The molecule has 0 bridgehead atoms. The minimum Gasteiger partial charge on any atom is -0.468 e. The van der Waals surface area contributed by atoms with Gasteiger partial charge in [0.15, 0.2) is 6.61 Å². The first-order chi connectivity index (χ1) is 17.1. The highest BCUT2D eigenvalue weighted by Crippen LogP contribution is 2.35. The summed E-state index contributed by atoms with van der Waals surface area (Å²) in [6.45, 7) is 2.06. The number of aromatic nitrogens is 2. The zero-order chi connectivity index (χ0) is 26.0. The topological polar surface area (TPSA) is 108 Å². The lowest BCUT2D eigenvalue weighted by atomic mass is 10.1. The second-order valence-electron chi connectivity index (χ2n) is 8.24. The van der Waals surface area contributed by atoms with Crippen molar-refractivity contribution in [3.05, 3.63) is 82.2 Å². The van der Waals surface area contributed by atoms with Gasteiger partial charge in [0.2, 0.25) is 5.88 Å². The first-order valence-electron chi connectivity index (χ1n) is 10.8. The molecule has 0 saturated heterocycles. The van der Waals surface area contributed by atoms with Gasteiger partial charge in [-0.05, 0) is 49.7 Å². The van der Waals surface area contributed by atoms with E-state index < -0.39 is 24.7 Å². The maximum Gasteiger partial charge on any atom is 0.422 e. The van der Waals surface area contributed by atoms with E-state index in [-0.39, 0.29) is 29.7 Å². The Morgan fingerprint density at radius 3 is 2.75 bits per heavy atom. The average molecular weight is 495 g/mol. The molecule has 1 aromatic carbocycles. The Balaban J connectivity index is 1.53. The Labute approximate surface area is 204 Å². The molecule has 2 aromatic heterocycles. The van der Waals surface area contributed by atoms with Crippen LogP contribution in [0, 0.1) is 18.3 Å². The van der Waals surface area contributed by atoms with Gasteiger partial charge in [0, 0.05) is 34.6 Å². The summed E-state index contributed by atoms with van der Waals surface area (Å²) in [5.41, 5.74) is 2.55. The summed E-state index contributed by atoms with van der Waals surface area (Å²) in [6.07, 6.45) is -1.68. The first-order valence-corrected chi connectivity index (χ1v) is 10.8. The molecule has 0 radical (unpaired) electrons. The van der Waals surface area contributed by atoms with Gasteiger partial charge in [-0.15, -0.1) is 0 Å². The molecule has 36 heavy (non-hydrogen) atoms. The molecule has 1 unspecified atom stereocenters. The first kappa shape index (κ1) is 24.7. The Bertz CT molecular complexity index is 1380. The van der Waals surface area contributed by atoms with Crippen LogP contribution in [0.3, 0.4) is 0 Å². The number of halogens is 3. The molecule has 8 nitrogen and oxygen atoms in total. The summed E-state index contributed by atoms with van der Waals surface area (Å²) in [7, 11) is 0. The number of hydrogen-bond donors (Lipinski definition) is 1. The predicted molar refractivity (Wildman–Crippen MR) is 122 cm³/mol. The van der Waals surface area contributed by atoms with Crippen LogP contribution in [0.4, 0.5) is 19.0 Å². The quantitative estimate of drug-likeness (QED) is 0.537. The molecule has 1 aliphatic heterocycles. The summed E-state index contributed by atoms with van der Waals surface area (Å²) in [5, 5.41) is 11.8. The van der Waals surface area contributed by atoms with E-state index in [1.807, 2.05) is 6.07 Å². The number of hydrogen-bond acceptors (Lipinski definition) is 6. The molecule has 0 spiro atoms. The summed E-state index contributed by atoms with van der Waals surface area (Å²) in [5.74, 6) is -0.653. The lowest BCUT2D eigenvalue weighted by Gasteiger charge is -2.25. The summed E-state index contributed by atoms with van der Waals surface area (Å²) < 4.78 is 42.1. The Morgan fingerprint density at radius 2 is 2.06 bits per heavy atom. The number of amides is 2.